The summed E-state index contributed by atoms with van der Waals surface area (Å²) in [6, 6.07) is 3.33. The molecule has 1 aromatic rings. The molecule has 6 heteroatoms. The maximum atomic E-state index is 11.2. The molecule has 1 rings (SSSR count). The van der Waals surface area contributed by atoms with E-state index in [1.54, 1.807) is 24.5 Å². The van der Waals surface area contributed by atoms with Crippen LogP contribution in [0.4, 0.5) is 5.69 Å². The number of aliphatic carboxylic acids is 1. The first kappa shape index (κ1) is 11.5. The Hall–Kier alpha value is -1.56. The molecule has 0 aliphatic heterocycles. The minimum absolute atomic E-state index is 0.0657. The average molecular weight is 226 g/mol. The van der Waals surface area contributed by atoms with Crippen LogP contribution >= 0.6 is 11.8 Å². The van der Waals surface area contributed by atoms with Gasteiger partial charge in [-0.1, -0.05) is 0 Å². The third kappa shape index (κ3) is 5.02. The van der Waals surface area contributed by atoms with Gasteiger partial charge in [-0.2, -0.15) is 0 Å². The van der Waals surface area contributed by atoms with Crippen LogP contribution in [0.2, 0.25) is 0 Å². The number of hydrogen-bond acceptors (Lipinski definition) is 4. The predicted octanol–water partition coefficient (Wildman–Crippen LogP) is 0.838. The number of nitrogens with zero attached hydrogens (tertiary/aromatic N) is 1. The number of hydrogen-bond donors (Lipinski definition) is 2. The van der Waals surface area contributed by atoms with Gasteiger partial charge in [0.2, 0.25) is 5.91 Å². The van der Waals surface area contributed by atoms with E-state index >= 15 is 0 Å². The highest BCUT2D eigenvalue weighted by Crippen LogP contribution is 2.05. The summed E-state index contributed by atoms with van der Waals surface area (Å²) in [7, 11) is 0. The van der Waals surface area contributed by atoms with Crippen molar-refractivity contribution in [2.24, 2.45) is 0 Å². The summed E-state index contributed by atoms with van der Waals surface area (Å²) >= 11 is 1.06. The molecular weight excluding hydrogens is 216 g/mol. The molecular formula is C9H10N2O3S. The number of carboxylic acid groups (broad SMARTS) is 1. The molecule has 5 nitrogen and oxygen atoms in total. The van der Waals surface area contributed by atoms with Crippen molar-refractivity contribution in [1.29, 1.82) is 0 Å². The Kier molecular flexibility index (Phi) is 4.62. The highest BCUT2D eigenvalue weighted by atomic mass is 32.2. The van der Waals surface area contributed by atoms with Gasteiger partial charge in [-0.3, -0.25) is 14.6 Å². The van der Waals surface area contributed by atoms with Gasteiger partial charge in [0.25, 0.3) is 0 Å². The topological polar surface area (TPSA) is 79.3 Å². The van der Waals surface area contributed by atoms with Crippen molar-refractivity contribution >= 4 is 29.3 Å². The number of pyridine rings is 1. The van der Waals surface area contributed by atoms with Gasteiger partial charge in [0.1, 0.15) is 0 Å². The zero-order chi connectivity index (χ0) is 11.1. The second-order valence-corrected chi connectivity index (χ2v) is 3.66. The fourth-order valence-electron chi connectivity index (χ4n) is 0.863. The summed E-state index contributed by atoms with van der Waals surface area (Å²) < 4.78 is 0. The van der Waals surface area contributed by atoms with Crippen LogP contribution in [0.3, 0.4) is 0 Å². The first-order valence-corrected chi connectivity index (χ1v) is 5.33. The van der Waals surface area contributed by atoms with Crippen molar-refractivity contribution in [2.75, 3.05) is 16.8 Å². The predicted molar refractivity (Wildman–Crippen MR) is 57.8 cm³/mol. The molecule has 1 aromatic heterocycles. The van der Waals surface area contributed by atoms with Gasteiger partial charge >= 0.3 is 5.97 Å². The number of amides is 1. The van der Waals surface area contributed by atoms with Crippen molar-refractivity contribution < 1.29 is 14.7 Å². The monoisotopic (exact) mass is 226 g/mol. The summed E-state index contributed by atoms with van der Waals surface area (Å²) in [5, 5.41) is 11.0. The number of anilines is 1. The number of nitrogens with one attached hydrogen (secondary N) is 1. The lowest BCUT2D eigenvalue weighted by Crippen LogP contribution is -2.15. The van der Waals surface area contributed by atoms with E-state index in [4.69, 9.17) is 5.11 Å². The minimum Gasteiger partial charge on any atom is -0.481 e. The summed E-state index contributed by atoms with van der Waals surface area (Å²) in [6.45, 7) is 0. The van der Waals surface area contributed by atoms with Crippen LogP contribution in [0.15, 0.2) is 24.5 Å². The number of rotatable bonds is 5. The molecule has 0 saturated heterocycles. The van der Waals surface area contributed by atoms with Crippen LogP contribution in [0.25, 0.3) is 0 Å². The van der Waals surface area contributed by atoms with Gasteiger partial charge in [0.15, 0.2) is 0 Å². The van der Waals surface area contributed by atoms with Gasteiger partial charge in [-0.15, -0.1) is 11.8 Å². The van der Waals surface area contributed by atoms with E-state index in [1.807, 2.05) is 0 Å². The summed E-state index contributed by atoms with van der Waals surface area (Å²) in [6.07, 6.45) is 3.14. The molecule has 0 radical (unpaired) electrons. The Labute approximate surface area is 90.9 Å². The molecule has 0 aliphatic carbocycles. The minimum atomic E-state index is -0.920. The Bertz CT molecular complexity index is 342. The number of carbonyl (C=O) groups excluding carboxylic acids is 1. The molecule has 1 amide bonds. The van der Waals surface area contributed by atoms with Crippen molar-refractivity contribution in [3.8, 4) is 0 Å². The quantitative estimate of drug-likeness (QED) is 0.777. The zero-order valence-electron chi connectivity index (χ0n) is 7.84. The van der Waals surface area contributed by atoms with Crippen LogP contribution in [-0.2, 0) is 9.59 Å². The maximum absolute atomic E-state index is 11.2. The molecule has 0 fully saturated rings. The van der Waals surface area contributed by atoms with Crippen LogP contribution in [0.1, 0.15) is 0 Å². The molecule has 80 valence electrons. The Morgan fingerprint density at radius 1 is 1.33 bits per heavy atom. The number of carbonyl (C=O) groups is 2. The van der Waals surface area contributed by atoms with E-state index in [1.165, 1.54) is 0 Å². The summed E-state index contributed by atoms with van der Waals surface area (Å²) in [5.41, 5.74) is 0.658. The second-order valence-electron chi connectivity index (χ2n) is 2.67. The molecule has 1 heterocycles. The fraction of sp³-hybridized carbons (Fsp3) is 0.222. The van der Waals surface area contributed by atoms with Crippen molar-refractivity contribution in [3.63, 3.8) is 0 Å². The van der Waals surface area contributed by atoms with E-state index < -0.39 is 5.97 Å². The van der Waals surface area contributed by atoms with Gasteiger partial charge in [0, 0.05) is 18.1 Å². The van der Waals surface area contributed by atoms with Gasteiger partial charge < -0.3 is 10.4 Å². The average Bonchev–Trinajstić information content (AvgIpc) is 2.18. The van der Waals surface area contributed by atoms with Crippen molar-refractivity contribution in [2.45, 2.75) is 0 Å². The summed E-state index contributed by atoms with van der Waals surface area (Å²) in [5.74, 6) is -1.07. The maximum Gasteiger partial charge on any atom is 0.313 e. The van der Waals surface area contributed by atoms with Crippen LogP contribution in [0, 0.1) is 0 Å². The first-order valence-electron chi connectivity index (χ1n) is 4.18. The Morgan fingerprint density at radius 2 is 2.00 bits per heavy atom. The molecule has 0 aliphatic rings. The Morgan fingerprint density at radius 3 is 2.60 bits per heavy atom. The van der Waals surface area contributed by atoms with E-state index in [0.29, 0.717) is 5.69 Å². The Balaban J connectivity index is 2.28. The number of aromatic nitrogens is 1. The van der Waals surface area contributed by atoms with Gasteiger partial charge in [-0.05, 0) is 12.1 Å². The van der Waals surface area contributed by atoms with E-state index in [-0.39, 0.29) is 17.4 Å². The standard InChI is InChI=1S/C9H10N2O3S/c12-8(5-15-6-9(13)14)11-7-1-3-10-4-2-7/h1-4H,5-6H2,(H,13,14)(H,10,11,12). The molecule has 0 unspecified atom stereocenters. The molecule has 0 saturated carbocycles. The fourth-order valence-corrected chi connectivity index (χ4v) is 1.40. The van der Waals surface area contributed by atoms with Crippen LogP contribution in [0.5, 0.6) is 0 Å². The smallest absolute Gasteiger partial charge is 0.313 e. The van der Waals surface area contributed by atoms with Gasteiger partial charge in [0.05, 0.1) is 11.5 Å². The zero-order valence-corrected chi connectivity index (χ0v) is 8.66. The number of carboxylic acids is 1. The normalized spacial score (nSPS) is 9.60. The van der Waals surface area contributed by atoms with E-state index in [9.17, 15) is 9.59 Å². The highest BCUT2D eigenvalue weighted by Gasteiger charge is 2.04. The molecule has 15 heavy (non-hydrogen) atoms. The lowest BCUT2D eigenvalue weighted by Gasteiger charge is -2.03. The molecule has 0 aromatic carbocycles. The van der Waals surface area contributed by atoms with Crippen molar-refractivity contribution in [3.05, 3.63) is 24.5 Å². The third-order valence-corrected chi connectivity index (χ3v) is 2.34. The second kappa shape index (κ2) is 6.02. The highest BCUT2D eigenvalue weighted by molar-refractivity contribution is 8.00. The van der Waals surface area contributed by atoms with E-state index in [2.05, 4.69) is 10.3 Å². The van der Waals surface area contributed by atoms with Crippen molar-refractivity contribution in [1.82, 2.24) is 4.98 Å². The first-order chi connectivity index (χ1) is 7.18. The van der Waals surface area contributed by atoms with Gasteiger partial charge in [-0.25, -0.2) is 0 Å². The summed E-state index contributed by atoms with van der Waals surface area (Å²) in [4.78, 5) is 25.2. The van der Waals surface area contributed by atoms with Crippen LogP contribution in [-0.4, -0.2) is 33.5 Å². The lowest BCUT2D eigenvalue weighted by molar-refractivity contribution is -0.133. The molecule has 2 N–H and O–H groups in total. The molecule has 0 spiro atoms. The largest absolute Gasteiger partial charge is 0.481 e. The third-order valence-electron chi connectivity index (χ3n) is 1.42. The molecule has 0 bridgehead atoms. The molecule has 0 atom stereocenters. The van der Waals surface area contributed by atoms with E-state index in [0.717, 1.165) is 11.8 Å². The number of thioether (sulfide) groups is 1. The van der Waals surface area contributed by atoms with Crippen LogP contribution < -0.4 is 5.32 Å². The lowest BCUT2D eigenvalue weighted by atomic mass is 10.4. The SMILES string of the molecule is O=C(O)CSCC(=O)Nc1ccncc1.